The highest BCUT2D eigenvalue weighted by molar-refractivity contribution is 7.92. The predicted octanol–water partition coefficient (Wildman–Crippen LogP) is 6.49. The first-order valence-electron chi connectivity index (χ1n) is 9.77. The standard InChI is InChI=1S/C22H15Cl2F3N4O3S/c1-13-4-7-19(28-11-13)34-18-6-5-15(10-16(18)23)30-35(32,33)20-3-2-8-31(20)21-17(24)9-14(12-29-21)22(25,26)27/h2-12,30H,1H3. The number of aromatic nitrogens is 3. The Kier molecular flexibility index (Phi) is 6.67. The molecule has 4 rings (SSSR count). The zero-order valence-electron chi connectivity index (χ0n) is 17.7. The lowest BCUT2D eigenvalue weighted by atomic mass is 10.3. The van der Waals surface area contributed by atoms with Gasteiger partial charge in [-0.3, -0.25) is 9.29 Å². The van der Waals surface area contributed by atoms with Crippen LogP contribution in [0.1, 0.15) is 11.1 Å². The number of nitrogens with zero attached hydrogens (tertiary/aromatic N) is 3. The molecule has 0 unspecified atom stereocenters. The minimum Gasteiger partial charge on any atom is -0.437 e. The number of rotatable bonds is 6. The van der Waals surface area contributed by atoms with Crippen molar-refractivity contribution in [2.75, 3.05) is 4.72 Å². The highest BCUT2D eigenvalue weighted by Crippen LogP contribution is 2.34. The number of aryl methyl sites for hydroxylation is 1. The molecule has 13 heteroatoms. The Morgan fingerprint density at radius 1 is 1.00 bits per heavy atom. The number of alkyl halides is 3. The summed E-state index contributed by atoms with van der Waals surface area (Å²) in [5.74, 6) is 0.386. The fraction of sp³-hybridized carbons (Fsp3) is 0.0909. The second-order valence-electron chi connectivity index (χ2n) is 7.27. The molecule has 0 aliphatic heterocycles. The summed E-state index contributed by atoms with van der Waals surface area (Å²) < 4.78 is 73.9. The Morgan fingerprint density at radius 3 is 2.40 bits per heavy atom. The van der Waals surface area contributed by atoms with Crippen molar-refractivity contribution in [3.63, 3.8) is 0 Å². The molecule has 7 nitrogen and oxygen atoms in total. The van der Waals surface area contributed by atoms with Gasteiger partial charge in [-0.2, -0.15) is 21.6 Å². The number of halogens is 5. The van der Waals surface area contributed by atoms with Gasteiger partial charge in [-0.15, -0.1) is 0 Å². The van der Waals surface area contributed by atoms with E-state index < -0.39 is 21.8 Å². The smallest absolute Gasteiger partial charge is 0.417 e. The Hall–Kier alpha value is -3.28. The van der Waals surface area contributed by atoms with Crippen molar-refractivity contribution in [1.29, 1.82) is 0 Å². The second-order valence-corrected chi connectivity index (χ2v) is 9.71. The highest BCUT2D eigenvalue weighted by Gasteiger charge is 2.32. The van der Waals surface area contributed by atoms with E-state index in [0.29, 0.717) is 18.1 Å². The fourth-order valence-electron chi connectivity index (χ4n) is 3.00. The zero-order valence-corrected chi connectivity index (χ0v) is 20.0. The number of nitrogens with one attached hydrogen (secondary N) is 1. The van der Waals surface area contributed by atoms with Gasteiger partial charge in [0.15, 0.2) is 10.8 Å². The van der Waals surface area contributed by atoms with Crippen molar-refractivity contribution in [3.05, 3.63) is 88.3 Å². The highest BCUT2D eigenvalue weighted by atomic mass is 35.5. The van der Waals surface area contributed by atoms with Gasteiger partial charge in [0, 0.05) is 24.7 Å². The summed E-state index contributed by atoms with van der Waals surface area (Å²) in [5, 5.41) is -0.552. The molecule has 0 aliphatic rings. The van der Waals surface area contributed by atoms with Gasteiger partial charge in [0.05, 0.1) is 21.3 Å². The van der Waals surface area contributed by atoms with Crippen molar-refractivity contribution in [2.24, 2.45) is 0 Å². The summed E-state index contributed by atoms with van der Waals surface area (Å²) in [4.78, 5) is 7.84. The Labute approximate surface area is 208 Å². The van der Waals surface area contributed by atoms with E-state index in [0.717, 1.165) is 10.1 Å². The van der Waals surface area contributed by atoms with E-state index in [4.69, 9.17) is 27.9 Å². The molecule has 0 amide bonds. The first kappa shape index (κ1) is 24.8. The summed E-state index contributed by atoms with van der Waals surface area (Å²) in [6.45, 7) is 1.88. The van der Waals surface area contributed by atoms with Crippen LogP contribution in [0.25, 0.3) is 5.82 Å². The predicted molar refractivity (Wildman–Crippen MR) is 125 cm³/mol. The quantitative estimate of drug-likeness (QED) is 0.300. The Morgan fingerprint density at radius 2 is 1.77 bits per heavy atom. The molecule has 0 aliphatic carbocycles. The summed E-state index contributed by atoms with van der Waals surface area (Å²) in [7, 11) is -4.22. The Bertz CT molecular complexity index is 1490. The molecule has 0 saturated heterocycles. The molecule has 3 heterocycles. The molecule has 3 aromatic heterocycles. The van der Waals surface area contributed by atoms with Crippen LogP contribution < -0.4 is 9.46 Å². The first-order chi connectivity index (χ1) is 16.4. The molecule has 1 N–H and O–H groups in total. The van der Waals surface area contributed by atoms with Gasteiger partial charge in [-0.05, 0) is 48.9 Å². The van der Waals surface area contributed by atoms with Gasteiger partial charge in [0.1, 0.15) is 5.75 Å². The monoisotopic (exact) mass is 542 g/mol. The average Bonchev–Trinajstić information content (AvgIpc) is 3.27. The van der Waals surface area contributed by atoms with Crippen molar-refractivity contribution in [1.82, 2.24) is 14.5 Å². The molecule has 182 valence electrons. The first-order valence-corrected chi connectivity index (χ1v) is 12.0. The largest absolute Gasteiger partial charge is 0.437 e. The van der Waals surface area contributed by atoms with Crippen LogP contribution in [-0.2, 0) is 16.2 Å². The van der Waals surface area contributed by atoms with E-state index in [1.54, 1.807) is 12.3 Å². The van der Waals surface area contributed by atoms with Gasteiger partial charge >= 0.3 is 6.18 Å². The normalized spacial score (nSPS) is 11.9. The van der Waals surface area contributed by atoms with Crippen LogP contribution in [0.2, 0.25) is 10.0 Å². The lowest BCUT2D eigenvalue weighted by Gasteiger charge is -2.14. The van der Waals surface area contributed by atoms with Gasteiger partial charge in [-0.1, -0.05) is 29.3 Å². The maximum Gasteiger partial charge on any atom is 0.417 e. The zero-order chi connectivity index (χ0) is 25.4. The molecule has 4 aromatic rings. The van der Waals surface area contributed by atoms with Crippen LogP contribution in [0.4, 0.5) is 18.9 Å². The maximum absolute atomic E-state index is 13.0. The van der Waals surface area contributed by atoms with E-state index in [1.807, 2.05) is 13.0 Å². The summed E-state index contributed by atoms with van der Waals surface area (Å²) in [6, 6.07) is 11.0. The number of anilines is 1. The fourth-order valence-corrected chi connectivity index (χ4v) is 4.69. The maximum atomic E-state index is 13.0. The van der Waals surface area contributed by atoms with Gasteiger partial charge in [0.2, 0.25) is 5.88 Å². The molecular weight excluding hydrogens is 528 g/mol. The van der Waals surface area contributed by atoms with Crippen molar-refractivity contribution in [2.45, 2.75) is 18.1 Å². The number of hydrogen-bond donors (Lipinski definition) is 1. The molecular formula is C22H15Cl2F3N4O3S. The van der Waals surface area contributed by atoms with E-state index in [-0.39, 0.29) is 32.3 Å². The number of hydrogen-bond acceptors (Lipinski definition) is 5. The number of ether oxygens (including phenoxy) is 1. The third kappa shape index (κ3) is 5.53. The molecule has 0 fully saturated rings. The number of benzene rings is 1. The lowest BCUT2D eigenvalue weighted by molar-refractivity contribution is -0.137. The molecule has 0 radical (unpaired) electrons. The summed E-state index contributed by atoms with van der Waals surface area (Å²) in [6.07, 6.45) is -1.13. The number of pyridine rings is 2. The van der Waals surface area contributed by atoms with Crippen LogP contribution >= 0.6 is 23.2 Å². The molecule has 35 heavy (non-hydrogen) atoms. The molecule has 0 atom stereocenters. The van der Waals surface area contributed by atoms with Crippen LogP contribution in [0.3, 0.4) is 0 Å². The topological polar surface area (TPSA) is 86.1 Å². The third-order valence-corrected chi connectivity index (χ3v) is 6.61. The average molecular weight is 543 g/mol. The Balaban J connectivity index is 1.59. The van der Waals surface area contributed by atoms with Crippen LogP contribution in [-0.4, -0.2) is 23.0 Å². The van der Waals surface area contributed by atoms with Crippen molar-refractivity contribution >= 4 is 38.9 Å². The van der Waals surface area contributed by atoms with Gasteiger partial charge in [0.25, 0.3) is 10.0 Å². The van der Waals surface area contributed by atoms with Crippen molar-refractivity contribution in [3.8, 4) is 17.4 Å². The van der Waals surface area contributed by atoms with Gasteiger partial charge in [-0.25, -0.2) is 9.97 Å². The molecule has 0 bridgehead atoms. The molecule has 1 aromatic carbocycles. The van der Waals surface area contributed by atoms with E-state index in [9.17, 15) is 21.6 Å². The van der Waals surface area contributed by atoms with E-state index >= 15 is 0 Å². The minimum absolute atomic E-state index is 0.121. The second kappa shape index (κ2) is 9.40. The lowest BCUT2D eigenvalue weighted by Crippen LogP contribution is -2.17. The summed E-state index contributed by atoms with van der Waals surface area (Å²) >= 11 is 12.2. The summed E-state index contributed by atoms with van der Waals surface area (Å²) in [5.41, 5.74) is 0.0166. The SMILES string of the molecule is Cc1ccc(Oc2ccc(NS(=O)(=O)c3cccn3-c3ncc(C(F)(F)F)cc3Cl)cc2Cl)nc1. The number of sulfonamides is 1. The van der Waals surface area contributed by atoms with Crippen molar-refractivity contribution < 1.29 is 26.3 Å². The molecule has 0 saturated carbocycles. The molecule has 0 spiro atoms. The van der Waals surface area contributed by atoms with Crippen LogP contribution in [0, 0.1) is 6.92 Å². The van der Waals surface area contributed by atoms with E-state index in [2.05, 4.69) is 14.7 Å². The minimum atomic E-state index is -4.65. The third-order valence-electron chi connectivity index (χ3n) is 4.65. The van der Waals surface area contributed by atoms with Gasteiger partial charge < -0.3 is 4.74 Å². The van der Waals surface area contributed by atoms with Crippen LogP contribution in [0.5, 0.6) is 11.6 Å². The van der Waals surface area contributed by atoms with E-state index in [1.165, 1.54) is 36.5 Å². The van der Waals surface area contributed by atoms with Crippen LogP contribution in [0.15, 0.2) is 72.1 Å².